The van der Waals surface area contributed by atoms with E-state index in [1.54, 1.807) is 0 Å². The summed E-state index contributed by atoms with van der Waals surface area (Å²) in [6, 6.07) is 2.20. The molecule has 1 aromatic heterocycles. The first-order chi connectivity index (χ1) is 6.18. The van der Waals surface area contributed by atoms with Crippen LogP contribution in [0.1, 0.15) is 30.7 Å². The predicted molar refractivity (Wildman–Crippen MR) is 55.5 cm³/mol. The van der Waals surface area contributed by atoms with Crippen molar-refractivity contribution in [2.45, 2.75) is 27.2 Å². The number of aromatic nitrogens is 1. The zero-order chi connectivity index (χ0) is 9.42. The Morgan fingerprint density at radius 3 is 2.85 bits per heavy atom. The molecule has 0 saturated heterocycles. The molecule has 13 heavy (non-hydrogen) atoms. The minimum Gasteiger partial charge on any atom is -0.261 e. The summed E-state index contributed by atoms with van der Waals surface area (Å²) in [4.78, 5) is 4.34. The van der Waals surface area contributed by atoms with Crippen LogP contribution >= 0.6 is 0 Å². The number of rotatable bonds is 1. The van der Waals surface area contributed by atoms with E-state index in [-0.39, 0.29) is 0 Å². The fourth-order valence-electron chi connectivity index (χ4n) is 1.92. The van der Waals surface area contributed by atoms with Crippen molar-refractivity contribution in [3.63, 3.8) is 0 Å². The summed E-state index contributed by atoms with van der Waals surface area (Å²) in [6.45, 7) is 6.52. The minimum atomic E-state index is 0.616. The van der Waals surface area contributed by atoms with Gasteiger partial charge in [0.25, 0.3) is 0 Å². The second-order valence-corrected chi connectivity index (χ2v) is 4.00. The number of hydrogen-bond acceptors (Lipinski definition) is 1. The fourth-order valence-corrected chi connectivity index (χ4v) is 1.92. The molecule has 0 aliphatic heterocycles. The highest BCUT2D eigenvalue weighted by atomic mass is 14.7. The van der Waals surface area contributed by atoms with Gasteiger partial charge in [0.2, 0.25) is 0 Å². The van der Waals surface area contributed by atoms with E-state index in [9.17, 15) is 0 Å². The summed E-state index contributed by atoms with van der Waals surface area (Å²) in [5, 5.41) is 0. The third-order valence-electron chi connectivity index (χ3n) is 2.60. The first-order valence-electron chi connectivity index (χ1n) is 4.84. The fraction of sp³-hybridized carbons (Fsp3) is 0.417. The summed E-state index contributed by atoms with van der Waals surface area (Å²) in [5.41, 5.74) is 5.39. The van der Waals surface area contributed by atoms with Gasteiger partial charge in [-0.2, -0.15) is 0 Å². The third-order valence-corrected chi connectivity index (χ3v) is 2.60. The molecule has 0 bridgehead atoms. The molecule has 0 spiro atoms. The molecule has 0 aromatic carbocycles. The molecule has 0 radical (unpaired) electrons. The van der Waals surface area contributed by atoms with Gasteiger partial charge in [-0.15, -0.1) is 0 Å². The summed E-state index contributed by atoms with van der Waals surface area (Å²) in [6.07, 6.45) is 5.44. The monoisotopic (exact) mass is 173 g/mol. The van der Waals surface area contributed by atoms with Gasteiger partial charge in [0.05, 0.1) is 0 Å². The summed E-state index contributed by atoms with van der Waals surface area (Å²) in [5.74, 6) is 0.616. The first kappa shape index (κ1) is 8.49. The largest absolute Gasteiger partial charge is 0.261 e. The summed E-state index contributed by atoms with van der Waals surface area (Å²) in [7, 11) is 0. The molecule has 0 amide bonds. The molecule has 68 valence electrons. The standard InChI is InChI=1S/C12H15N/c1-8(2)11-5-4-10-6-9(3)13-7-12(10)11/h5-8H,4H2,1-3H3. The number of fused-ring (bicyclic) bond motifs is 1. The van der Waals surface area contributed by atoms with Crippen LogP contribution in [0.5, 0.6) is 0 Å². The molecule has 0 saturated carbocycles. The van der Waals surface area contributed by atoms with E-state index in [1.807, 2.05) is 13.1 Å². The molecule has 0 fully saturated rings. The van der Waals surface area contributed by atoms with Crippen LogP contribution < -0.4 is 0 Å². The second kappa shape index (κ2) is 2.99. The van der Waals surface area contributed by atoms with Crippen molar-refractivity contribution in [2.24, 2.45) is 5.92 Å². The Labute approximate surface area is 79.5 Å². The lowest BCUT2D eigenvalue weighted by atomic mass is 9.98. The third kappa shape index (κ3) is 1.39. The normalized spacial score (nSPS) is 14.6. The van der Waals surface area contributed by atoms with Gasteiger partial charge in [-0.25, -0.2) is 0 Å². The molecule has 1 heteroatoms. The Hall–Kier alpha value is -1.11. The SMILES string of the molecule is Cc1cc2c(cn1)C(C(C)C)=CC2. The Kier molecular flexibility index (Phi) is 1.95. The Bertz CT molecular complexity index is 361. The van der Waals surface area contributed by atoms with E-state index in [0.717, 1.165) is 12.1 Å². The molecule has 0 N–H and O–H groups in total. The van der Waals surface area contributed by atoms with Gasteiger partial charge in [0, 0.05) is 11.9 Å². The van der Waals surface area contributed by atoms with Crippen molar-refractivity contribution in [1.29, 1.82) is 0 Å². The maximum absolute atomic E-state index is 4.34. The number of hydrogen-bond donors (Lipinski definition) is 0. The number of allylic oxidation sites excluding steroid dienone is 2. The Balaban J connectivity index is 2.45. The van der Waals surface area contributed by atoms with Crippen molar-refractivity contribution in [3.8, 4) is 0 Å². The lowest BCUT2D eigenvalue weighted by molar-refractivity contribution is 0.856. The summed E-state index contributed by atoms with van der Waals surface area (Å²) >= 11 is 0. The van der Waals surface area contributed by atoms with Crippen LogP contribution in [0.3, 0.4) is 0 Å². The van der Waals surface area contributed by atoms with Gasteiger partial charge < -0.3 is 0 Å². The van der Waals surface area contributed by atoms with E-state index in [4.69, 9.17) is 0 Å². The van der Waals surface area contributed by atoms with Crippen LogP contribution in [0, 0.1) is 12.8 Å². The molecule has 1 aliphatic rings. The quantitative estimate of drug-likeness (QED) is 0.636. The number of nitrogens with zero attached hydrogens (tertiary/aromatic N) is 1. The molecule has 1 nitrogen and oxygen atoms in total. The number of pyridine rings is 1. The molecule has 1 aliphatic carbocycles. The van der Waals surface area contributed by atoms with Crippen LogP contribution in [-0.4, -0.2) is 4.98 Å². The predicted octanol–water partition coefficient (Wildman–Crippen LogP) is 2.99. The van der Waals surface area contributed by atoms with Crippen molar-refractivity contribution >= 4 is 5.57 Å². The van der Waals surface area contributed by atoms with Crippen molar-refractivity contribution in [1.82, 2.24) is 4.98 Å². The minimum absolute atomic E-state index is 0.616. The molecule has 0 unspecified atom stereocenters. The van der Waals surface area contributed by atoms with Gasteiger partial charge in [0.15, 0.2) is 0 Å². The van der Waals surface area contributed by atoms with Crippen LogP contribution in [0.15, 0.2) is 18.3 Å². The van der Waals surface area contributed by atoms with E-state index in [2.05, 4.69) is 31.0 Å². The highest BCUT2D eigenvalue weighted by Gasteiger charge is 2.16. The molecule has 1 aromatic rings. The molecular weight excluding hydrogens is 158 g/mol. The maximum Gasteiger partial charge on any atom is 0.0375 e. The number of aryl methyl sites for hydroxylation is 1. The maximum atomic E-state index is 4.34. The van der Waals surface area contributed by atoms with Crippen LogP contribution in [0.4, 0.5) is 0 Å². The van der Waals surface area contributed by atoms with E-state index in [0.29, 0.717) is 5.92 Å². The molecule has 1 heterocycles. The molecule has 2 rings (SSSR count). The van der Waals surface area contributed by atoms with Crippen molar-refractivity contribution < 1.29 is 0 Å². The Morgan fingerprint density at radius 1 is 1.38 bits per heavy atom. The van der Waals surface area contributed by atoms with Gasteiger partial charge in [-0.3, -0.25) is 4.98 Å². The second-order valence-electron chi connectivity index (χ2n) is 4.00. The lowest BCUT2D eigenvalue weighted by Gasteiger charge is -2.08. The van der Waals surface area contributed by atoms with Gasteiger partial charge in [-0.1, -0.05) is 19.9 Å². The van der Waals surface area contributed by atoms with Crippen LogP contribution in [0.25, 0.3) is 5.57 Å². The topological polar surface area (TPSA) is 12.9 Å². The smallest absolute Gasteiger partial charge is 0.0375 e. The average Bonchev–Trinajstić information content (AvgIpc) is 2.46. The Morgan fingerprint density at radius 2 is 2.15 bits per heavy atom. The van der Waals surface area contributed by atoms with Gasteiger partial charge >= 0.3 is 0 Å². The lowest BCUT2D eigenvalue weighted by Crippen LogP contribution is -1.94. The van der Waals surface area contributed by atoms with E-state index in [1.165, 1.54) is 16.7 Å². The highest BCUT2D eigenvalue weighted by molar-refractivity contribution is 5.73. The van der Waals surface area contributed by atoms with Gasteiger partial charge in [0.1, 0.15) is 0 Å². The molecular formula is C12H15N. The average molecular weight is 173 g/mol. The van der Waals surface area contributed by atoms with E-state index < -0.39 is 0 Å². The van der Waals surface area contributed by atoms with Gasteiger partial charge in [-0.05, 0) is 42.0 Å². The van der Waals surface area contributed by atoms with E-state index >= 15 is 0 Å². The van der Waals surface area contributed by atoms with Crippen molar-refractivity contribution in [3.05, 3.63) is 35.2 Å². The van der Waals surface area contributed by atoms with Crippen LogP contribution in [0.2, 0.25) is 0 Å². The van der Waals surface area contributed by atoms with Crippen LogP contribution in [-0.2, 0) is 6.42 Å². The first-order valence-corrected chi connectivity index (χ1v) is 4.84. The van der Waals surface area contributed by atoms with Crippen molar-refractivity contribution in [2.75, 3.05) is 0 Å². The zero-order valence-electron chi connectivity index (χ0n) is 8.46. The summed E-state index contributed by atoms with van der Waals surface area (Å²) < 4.78 is 0. The zero-order valence-corrected chi connectivity index (χ0v) is 8.46. The highest BCUT2D eigenvalue weighted by Crippen LogP contribution is 2.32. The molecule has 0 atom stereocenters.